The molecule has 6 nitrogen and oxygen atoms in total. The quantitative estimate of drug-likeness (QED) is 0.287. The van der Waals surface area contributed by atoms with E-state index >= 15 is 0 Å². The molecule has 2 unspecified atom stereocenters. The molecule has 0 saturated carbocycles. The summed E-state index contributed by atoms with van der Waals surface area (Å²) in [6.07, 6.45) is 9.56. The van der Waals surface area contributed by atoms with Crippen molar-refractivity contribution in [2.45, 2.75) is 90.7 Å². The Hall–Kier alpha value is -2.39. The fraction of sp³-hybridized carbons (Fsp3) is 0.625. The standard InChI is InChI=1S/C24H36N2O4/c1-4-6-7-8-9-10-11-12-13-14-16-20-17-15-18-21(26-20)23(28)22(25-19(3)27)24(29)30-5-2/h15,17-18,22-23,28H,4-13H2,1-3H3,(H,25,27). The van der Waals surface area contributed by atoms with Crippen molar-refractivity contribution in [3.63, 3.8) is 0 Å². The number of rotatable bonds is 13. The van der Waals surface area contributed by atoms with Crippen molar-refractivity contribution in [1.29, 1.82) is 0 Å². The Balaban J connectivity index is 2.58. The second kappa shape index (κ2) is 15.4. The maximum atomic E-state index is 12.1. The molecule has 0 bridgehead atoms. The van der Waals surface area contributed by atoms with Gasteiger partial charge in [-0.15, -0.1) is 0 Å². The summed E-state index contributed by atoms with van der Waals surface area (Å²) in [6.45, 7) is 5.32. The van der Waals surface area contributed by atoms with E-state index in [9.17, 15) is 14.7 Å². The number of carbonyl (C=O) groups excluding carboxylic acids is 2. The SMILES string of the molecule is CCCCCCCCCCC#Cc1cccc(C(O)C(NC(C)=O)C(=O)OCC)n1. The minimum absolute atomic E-state index is 0.152. The van der Waals surface area contributed by atoms with Gasteiger partial charge in [0.05, 0.1) is 12.3 Å². The van der Waals surface area contributed by atoms with E-state index in [1.807, 2.05) is 0 Å². The van der Waals surface area contributed by atoms with Gasteiger partial charge in [-0.25, -0.2) is 9.78 Å². The van der Waals surface area contributed by atoms with Gasteiger partial charge in [-0.3, -0.25) is 4.79 Å². The summed E-state index contributed by atoms with van der Waals surface area (Å²) < 4.78 is 4.95. The van der Waals surface area contributed by atoms with Crippen LogP contribution in [0.15, 0.2) is 18.2 Å². The first kappa shape index (κ1) is 25.6. The first-order chi connectivity index (χ1) is 14.5. The maximum Gasteiger partial charge on any atom is 0.331 e. The third-order valence-electron chi connectivity index (χ3n) is 4.66. The molecule has 1 aromatic rings. The van der Waals surface area contributed by atoms with Gasteiger partial charge in [-0.1, -0.05) is 63.9 Å². The van der Waals surface area contributed by atoms with Crippen molar-refractivity contribution in [1.82, 2.24) is 10.3 Å². The number of aromatic nitrogens is 1. The van der Waals surface area contributed by atoms with Crippen LogP contribution in [0.5, 0.6) is 0 Å². The zero-order chi connectivity index (χ0) is 22.2. The lowest BCUT2D eigenvalue weighted by Crippen LogP contribution is -2.45. The Morgan fingerprint density at radius 3 is 2.40 bits per heavy atom. The lowest BCUT2D eigenvalue weighted by molar-refractivity contribution is -0.150. The molecule has 0 radical (unpaired) electrons. The number of amides is 1. The van der Waals surface area contributed by atoms with Crippen LogP contribution >= 0.6 is 0 Å². The van der Waals surface area contributed by atoms with Gasteiger partial charge >= 0.3 is 5.97 Å². The number of hydrogen-bond acceptors (Lipinski definition) is 5. The van der Waals surface area contributed by atoms with Crippen molar-refractivity contribution in [2.24, 2.45) is 0 Å². The van der Waals surface area contributed by atoms with Crippen molar-refractivity contribution >= 4 is 11.9 Å². The molecule has 0 spiro atoms. The molecule has 0 fully saturated rings. The highest BCUT2D eigenvalue weighted by Gasteiger charge is 2.31. The summed E-state index contributed by atoms with van der Waals surface area (Å²) in [7, 11) is 0. The van der Waals surface area contributed by atoms with Gasteiger partial charge in [0.25, 0.3) is 0 Å². The zero-order valence-electron chi connectivity index (χ0n) is 18.6. The third kappa shape index (κ3) is 10.4. The molecule has 0 aliphatic carbocycles. The predicted octanol–water partition coefficient (Wildman–Crippen LogP) is 4.07. The summed E-state index contributed by atoms with van der Waals surface area (Å²) in [5.74, 6) is 5.01. The van der Waals surface area contributed by atoms with Gasteiger partial charge in [-0.05, 0) is 31.4 Å². The molecule has 1 aromatic heterocycles. The molecule has 6 heteroatoms. The number of carbonyl (C=O) groups is 2. The number of hydrogen-bond donors (Lipinski definition) is 2. The zero-order valence-corrected chi connectivity index (χ0v) is 18.6. The molecule has 1 rings (SSSR count). The first-order valence-electron chi connectivity index (χ1n) is 11.1. The van der Waals surface area contributed by atoms with Gasteiger partial charge in [0.15, 0.2) is 6.04 Å². The van der Waals surface area contributed by atoms with Crippen LogP contribution in [-0.2, 0) is 14.3 Å². The summed E-state index contributed by atoms with van der Waals surface area (Å²) in [5, 5.41) is 13.0. The average molecular weight is 417 g/mol. The number of pyridine rings is 1. The minimum atomic E-state index is -1.32. The van der Waals surface area contributed by atoms with Crippen molar-refractivity contribution < 1.29 is 19.4 Å². The molecular weight excluding hydrogens is 380 g/mol. The van der Waals surface area contributed by atoms with Gasteiger partial charge in [0, 0.05) is 13.3 Å². The lowest BCUT2D eigenvalue weighted by atomic mass is 10.1. The molecule has 166 valence electrons. The van der Waals surface area contributed by atoms with Crippen LogP contribution in [0.4, 0.5) is 0 Å². The summed E-state index contributed by atoms with van der Waals surface area (Å²) in [5.41, 5.74) is 0.789. The van der Waals surface area contributed by atoms with Crippen LogP contribution in [0.25, 0.3) is 0 Å². The van der Waals surface area contributed by atoms with E-state index in [0.29, 0.717) is 5.69 Å². The molecule has 0 aliphatic rings. The van der Waals surface area contributed by atoms with Crippen LogP contribution in [0.3, 0.4) is 0 Å². The molecule has 0 aromatic carbocycles. The highest BCUT2D eigenvalue weighted by atomic mass is 16.5. The Labute approximate surface area is 180 Å². The van der Waals surface area contributed by atoms with E-state index in [0.717, 1.165) is 12.8 Å². The van der Waals surface area contributed by atoms with E-state index in [2.05, 4.69) is 29.1 Å². The maximum absolute atomic E-state index is 12.1. The topological polar surface area (TPSA) is 88.5 Å². The van der Waals surface area contributed by atoms with E-state index in [1.165, 1.54) is 51.9 Å². The smallest absolute Gasteiger partial charge is 0.331 e. The normalized spacial score (nSPS) is 12.4. The number of aliphatic hydroxyl groups excluding tert-OH is 1. The largest absolute Gasteiger partial charge is 0.464 e. The van der Waals surface area contributed by atoms with Crippen LogP contribution in [0.2, 0.25) is 0 Å². The van der Waals surface area contributed by atoms with E-state index in [1.54, 1.807) is 25.1 Å². The second-order valence-corrected chi connectivity index (χ2v) is 7.35. The summed E-state index contributed by atoms with van der Waals surface area (Å²) in [6, 6.07) is 3.87. The highest BCUT2D eigenvalue weighted by molar-refractivity contribution is 5.83. The Bertz CT molecular complexity index is 709. The minimum Gasteiger partial charge on any atom is -0.464 e. The van der Waals surface area contributed by atoms with E-state index in [-0.39, 0.29) is 12.3 Å². The molecule has 1 heterocycles. The fourth-order valence-electron chi connectivity index (χ4n) is 3.07. The van der Waals surface area contributed by atoms with Crippen molar-refractivity contribution in [2.75, 3.05) is 6.61 Å². The van der Waals surface area contributed by atoms with Crippen LogP contribution in [0, 0.1) is 11.8 Å². The molecule has 0 saturated heterocycles. The first-order valence-corrected chi connectivity index (χ1v) is 11.1. The second-order valence-electron chi connectivity index (χ2n) is 7.35. The molecule has 2 atom stereocenters. The van der Waals surface area contributed by atoms with Crippen molar-refractivity contribution in [3.05, 3.63) is 29.6 Å². The van der Waals surface area contributed by atoms with Crippen LogP contribution < -0.4 is 5.32 Å². The highest BCUT2D eigenvalue weighted by Crippen LogP contribution is 2.16. The predicted molar refractivity (Wildman–Crippen MR) is 118 cm³/mol. The number of esters is 1. The van der Waals surface area contributed by atoms with E-state index in [4.69, 9.17) is 4.74 Å². The summed E-state index contributed by atoms with van der Waals surface area (Å²) >= 11 is 0. The summed E-state index contributed by atoms with van der Waals surface area (Å²) in [4.78, 5) is 27.8. The van der Waals surface area contributed by atoms with Crippen molar-refractivity contribution in [3.8, 4) is 11.8 Å². The molecular formula is C24H36N2O4. The Morgan fingerprint density at radius 2 is 1.77 bits per heavy atom. The van der Waals surface area contributed by atoms with Gasteiger partial charge in [0.2, 0.25) is 5.91 Å². The Kier molecular flexibility index (Phi) is 13.2. The molecule has 2 N–H and O–H groups in total. The number of unbranched alkanes of at least 4 members (excludes halogenated alkanes) is 8. The lowest BCUT2D eigenvalue weighted by Gasteiger charge is -2.21. The monoisotopic (exact) mass is 416 g/mol. The van der Waals surface area contributed by atoms with E-state index < -0.39 is 24.0 Å². The fourth-order valence-corrected chi connectivity index (χ4v) is 3.07. The number of aliphatic hydroxyl groups is 1. The molecule has 1 amide bonds. The van der Waals surface area contributed by atoms with Gasteiger partial charge in [-0.2, -0.15) is 0 Å². The average Bonchev–Trinajstić information content (AvgIpc) is 2.73. The van der Waals surface area contributed by atoms with Gasteiger partial charge in [0.1, 0.15) is 11.8 Å². The number of ether oxygens (including phenoxy) is 1. The molecule has 0 aliphatic heterocycles. The number of nitrogens with one attached hydrogen (secondary N) is 1. The van der Waals surface area contributed by atoms with Crippen LogP contribution in [0.1, 0.15) is 96.1 Å². The number of nitrogens with zero attached hydrogens (tertiary/aromatic N) is 1. The van der Waals surface area contributed by atoms with Crippen LogP contribution in [-0.4, -0.2) is 34.6 Å². The third-order valence-corrected chi connectivity index (χ3v) is 4.66. The molecule has 30 heavy (non-hydrogen) atoms. The van der Waals surface area contributed by atoms with Gasteiger partial charge < -0.3 is 15.2 Å². The Morgan fingerprint density at radius 1 is 1.10 bits per heavy atom.